The summed E-state index contributed by atoms with van der Waals surface area (Å²) in [5.41, 5.74) is 7.11. The highest BCUT2D eigenvalue weighted by Gasteiger charge is 2.26. The molecule has 4 heterocycles. The van der Waals surface area contributed by atoms with Crippen molar-refractivity contribution in [2.45, 2.75) is 156 Å². The van der Waals surface area contributed by atoms with E-state index < -0.39 is 17.9 Å². The van der Waals surface area contributed by atoms with Gasteiger partial charge >= 0.3 is 35.8 Å². The lowest BCUT2D eigenvalue weighted by molar-refractivity contribution is -0.143. The maximum Gasteiger partial charge on any atom is 0.309 e. The minimum atomic E-state index is -0.849. The average molecular weight is 1190 g/mol. The van der Waals surface area contributed by atoms with Gasteiger partial charge in [0, 0.05) is 63.3 Å². The van der Waals surface area contributed by atoms with Gasteiger partial charge in [-0.3, -0.25) is 47.9 Å². The molecule has 0 radical (unpaired) electrons. The van der Waals surface area contributed by atoms with Crippen LogP contribution in [-0.2, 0) is 87.8 Å². The van der Waals surface area contributed by atoms with Gasteiger partial charge in [-0.05, 0) is 146 Å². The molecule has 0 aromatic heterocycles. The molecule has 4 aromatic carbocycles. The van der Waals surface area contributed by atoms with Gasteiger partial charge in [-0.25, -0.2) is 0 Å². The SMILES string of the molecule is CC(=O)Nc1ccc2c(c1)CCC(CC(=O)O)O2.CC(=O)Nc1ccc2c(c1)CC[C@H](CC(=O)O)O2.CCC(=O)O.CCC(=O)OC.COC(=O)CC1CCc2cc(NC(C)=O)ccc2O1.COC(=O)C[C@@H]1CCc2cc(NC(C)=O)ccc2O1. The number of carboxylic acids is 3. The first-order chi connectivity index (χ1) is 40.3. The van der Waals surface area contributed by atoms with E-state index in [0.29, 0.717) is 30.8 Å². The zero-order valence-electron chi connectivity index (χ0n) is 49.4. The van der Waals surface area contributed by atoms with Crippen LogP contribution in [0.2, 0.25) is 0 Å². The molecule has 4 amide bonds. The molecule has 7 N–H and O–H groups in total. The number of anilines is 4. The molecular weight excluding hydrogens is 1110 g/mol. The van der Waals surface area contributed by atoms with Crippen LogP contribution in [0.1, 0.15) is 128 Å². The quantitative estimate of drug-likeness (QED) is 0.0459. The minimum absolute atomic E-state index is 0.0207. The van der Waals surface area contributed by atoms with Crippen LogP contribution >= 0.6 is 0 Å². The third-order valence-corrected chi connectivity index (χ3v) is 12.5. The summed E-state index contributed by atoms with van der Waals surface area (Å²) in [5.74, 6) is -0.582. The van der Waals surface area contributed by atoms with Crippen molar-refractivity contribution in [3.05, 3.63) is 95.1 Å². The number of hydrogen-bond donors (Lipinski definition) is 7. The Morgan fingerprint density at radius 3 is 0.800 bits per heavy atom. The van der Waals surface area contributed by atoms with Gasteiger partial charge in [0.1, 0.15) is 47.4 Å². The molecule has 4 aromatic rings. The zero-order chi connectivity index (χ0) is 63.2. The van der Waals surface area contributed by atoms with Crippen LogP contribution in [0.4, 0.5) is 22.7 Å². The number of carboxylic acid groups (broad SMARTS) is 3. The molecule has 0 saturated heterocycles. The highest BCUT2D eigenvalue weighted by atomic mass is 16.5. The van der Waals surface area contributed by atoms with Crippen LogP contribution in [0.3, 0.4) is 0 Å². The van der Waals surface area contributed by atoms with E-state index >= 15 is 0 Å². The first-order valence-electron chi connectivity index (χ1n) is 27.5. The Morgan fingerprint density at radius 2 is 0.624 bits per heavy atom. The Morgan fingerprint density at radius 1 is 0.388 bits per heavy atom. The van der Waals surface area contributed by atoms with Crippen molar-refractivity contribution >= 4 is 82.2 Å². The Bertz CT molecular complexity index is 2780. The summed E-state index contributed by atoms with van der Waals surface area (Å²) in [4.78, 5) is 107. The predicted octanol–water partition coefficient (Wildman–Crippen LogP) is 8.48. The van der Waals surface area contributed by atoms with Crippen LogP contribution < -0.4 is 40.2 Å². The van der Waals surface area contributed by atoms with Gasteiger partial charge in [-0.1, -0.05) is 13.8 Å². The molecule has 8 rings (SSSR count). The number of aryl methyl sites for hydroxylation is 4. The second-order valence-electron chi connectivity index (χ2n) is 19.6. The van der Waals surface area contributed by atoms with Gasteiger partial charge in [0.15, 0.2) is 0 Å². The van der Waals surface area contributed by atoms with Gasteiger partial charge in [0.05, 0.1) is 47.0 Å². The van der Waals surface area contributed by atoms with E-state index in [4.69, 9.17) is 34.3 Å². The Hall–Kier alpha value is -9.22. The van der Waals surface area contributed by atoms with Crippen molar-refractivity contribution in [2.24, 2.45) is 0 Å². The molecule has 0 fully saturated rings. The molecule has 24 nitrogen and oxygen atoms in total. The normalized spacial score (nSPS) is 16.0. The van der Waals surface area contributed by atoms with Gasteiger partial charge in [-0.2, -0.15) is 0 Å². The number of carbonyl (C=O) groups is 10. The lowest BCUT2D eigenvalue weighted by Crippen LogP contribution is -2.26. The number of aliphatic carboxylic acids is 3. The summed E-state index contributed by atoms with van der Waals surface area (Å²) in [6, 6.07) is 21.8. The highest BCUT2D eigenvalue weighted by Crippen LogP contribution is 2.35. The van der Waals surface area contributed by atoms with Crippen molar-refractivity contribution < 1.29 is 96.4 Å². The second kappa shape index (κ2) is 36.4. The molecule has 0 spiro atoms. The third-order valence-electron chi connectivity index (χ3n) is 12.5. The number of hydrogen-bond acceptors (Lipinski definition) is 17. The topological polar surface area (TPSA) is 344 Å². The van der Waals surface area contributed by atoms with E-state index in [9.17, 15) is 47.9 Å². The fourth-order valence-corrected chi connectivity index (χ4v) is 8.55. The smallest absolute Gasteiger partial charge is 0.309 e. The molecule has 2 unspecified atom stereocenters. The van der Waals surface area contributed by atoms with Crippen molar-refractivity contribution in [1.29, 1.82) is 0 Å². The summed E-state index contributed by atoms with van der Waals surface area (Å²) in [6.45, 7) is 9.22. The number of esters is 3. The molecule has 4 atom stereocenters. The number of ether oxygens (including phenoxy) is 7. The molecule has 0 aliphatic carbocycles. The van der Waals surface area contributed by atoms with Crippen LogP contribution in [0.5, 0.6) is 23.0 Å². The fraction of sp³-hybridized carbons (Fsp3) is 0.443. The molecular formula is C61H78N4O20. The molecule has 4 aliphatic heterocycles. The third kappa shape index (κ3) is 27.2. The Balaban J connectivity index is 0.000000280. The maximum atomic E-state index is 11.2. The summed E-state index contributed by atoms with van der Waals surface area (Å²) < 4.78 is 36.3. The number of amides is 4. The number of nitrogens with one attached hydrogen (secondary N) is 4. The largest absolute Gasteiger partial charge is 0.490 e. The predicted molar refractivity (Wildman–Crippen MR) is 312 cm³/mol. The summed E-state index contributed by atoms with van der Waals surface area (Å²) >= 11 is 0. The monoisotopic (exact) mass is 1190 g/mol. The molecule has 24 heteroatoms. The zero-order valence-corrected chi connectivity index (χ0v) is 49.4. The van der Waals surface area contributed by atoms with E-state index in [1.165, 1.54) is 49.0 Å². The minimum Gasteiger partial charge on any atom is -0.490 e. The molecule has 4 aliphatic rings. The van der Waals surface area contributed by atoms with Crippen LogP contribution in [0, 0.1) is 0 Å². The first kappa shape index (κ1) is 70.0. The maximum absolute atomic E-state index is 11.2. The lowest BCUT2D eigenvalue weighted by Gasteiger charge is -2.25. The summed E-state index contributed by atoms with van der Waals surface area (Å²) in [7, 11) is 4.13. The number of carbonyl (C=O) groups excluding carboxylic acids is 7. The van der Waals surface area contributed by atoms with Gasteiger partial charge in [0.2, 0.25) is 23.6 Å². The lowest BCUT2D eigenvalue weighted by atomic mass is 10.00. The van der Waals surface area contributed by atoms with Crippen molar-refractivity contribution in [3.63, 3.8) is 0 Å². The van der Waals surface area contributed by atoms with E-state index in [-0.39, 0.29) is 98.1 Å². The van der Waals surface area contributed by atoms with E-state index in [2.05, 4.69) is 35.5 Å². The second-order valence-corrected chi connectivity index (χ2v) is 19.6. The van der Waals surface area contributed by atoms with E-state index in [0.717, 1.165) is 95.0 Å². The van der Waals surface area contributed by atoms with Crippen LogP contribution in [0.15, 0.2) is 72.8 Å². The molecule has 0 saturated carbocycles. The molecule has 462 valence electrons. The number of rotatable bonds is 14. The Labute approximate surface area is 493 Å². The van der Waals surface area contributed by atoms with Crippen molar-refractivity contribution in [3.8, 4) is 23.0 Å². The summed E-state index contributed by atoms with van der Waals surface area (Å²) in [6.07, 6.45) is 6.56. The highest BCUT2D eigenvalue weighted by molar-refractivity contribution is 5.90. The van der Waals surface area contributed by atoms with Gasteiger partial charge < -0.3 is 69.7 Å². The Kier molecular flexibility index (Phi) is 30.0. The van der Waals surface area contributed by atoms with E-state index in [1.54, 1.807) is 50.2 Å². The van der Waals surface area contributed by atoms with E-state index in [1.807, 2.05) is 36.4 Å². The first-order valence-corrected chi connectivity index (χ1v) is 27.5. The average Bonchev–Trinajstić information content (AvgIpc) is 3.28. The number of benzene rings is 4. The summed E-state index contributed by atoms with van der Waals surface area (Å²) in [5, 5.41) is 36.1. The number of methoxy groups -OCH3 is 3. The number of fused-ring (bicyclic) bond motifs is 4. The molecule has 0 bridgehead atoms. The van der Waals surface area contributed by atoms with Gasteiger partial charge in [0.25, 0.3) is 0 Å². The van der Waals surface area contributed by atoms with Crippen LogP contribution in [-0.4, -0.2) is 121 Å². The van der Waals surface area contributed by atoms with Crippen molar-refractivity contribution in [1.82, 2.24) is 0 Å². The van der Waals surface area contributed by atoms with Crippen molar-refractivity contribution in [2.75, 3.05) is 42.6 Å². The molecule has 85 heavy (non-hydrogen) atoms. The van der Waals surface area contributed by atoms with Gasteiger partial charge in [-0.15, -0.1) is 0 Å². The van der Waals surface area contributed by atoms with Crippen LogP contribution in [0.25, 0.3) is 0 Å². The standard InChI is InChI=1S/2C14H17NO4.2C13H15NO4.C4H8O2.C3H6O2/c2*1-9(16)15-11-4-6-13-10(7-11)3-5-12(19-13)8-14(17)18-2;2*1-8(15)14-10-3-5-12-9(6-10)2-4-11(18-12)7-13(16)17;1-3-4(5)6-2;1-2-3(4)5/h2*4,6-7,12H,3,5,8H2,1-2H3,(H,15,16);2*3,5-6,11H,2,4,7H2,1H3,(H,14,15)(H,16,17);3H2,1-2H3;2H2,1H3,(H,4,5)/t12-;;11-;;;/m0.1.../s1. The fourth-order valence-electron chi connectivity index (χ4n) is 8.55.